The molecule has 0 fully saturated rings. The smallest absolute Gasteiger partial charge is 0.172 e. The summed E-state index contributed by atoms with van der Waals surface area (Å²) >= 11 is 0. The molecule has 2 aromatic rings. The minimum Gasteiger partial charge on any atom is -0.321 e. The van der Waals surface area contributed by atoms with E-state index in [0.717, 1.165) is 37.6 Å². The van der Waals surface area contributed by atoms with E-state index in [1.54, 1.807) is 0 Å². The molecule has 0 spiro atoms. The van der Waals surface area contributed by atoms with Crippen LogP contribution in [0.15, 0.2) is 58.5 Å². The number of amidine groups is 2. The van der Waals surface area contributed by atoms with Gasteiger partial charge in [0.05, 0.1) is 12.1 Å². The van der Waals surface area contributed by atoms with Gasteiger partial charge in [-0.15, -0.1) is 0 Å². The van der Waals surface area contributed by atoms with Gasteiger partial charge >= 0.3 is 0 Å². The Morgan fingerprint density at radius 1 is 0.605 bits per heavy atom. The fourth-order valence-corrected chi connectivity index (χ4v) is 5.60. The third kappa shape index (κ3) is 6.50. The van der Waals surface area contributed by atoms with Gasteiger partial charge in [0.2, 0.25) is 0 Å². The van der Waals surface area contributed by atoms with Gasteiger partial charge < -0.3 is 9.80 Å². The van der Waals surface area contributed by atoms with Gasteiger partial charge in [-0.2, -0.15) is 0 Å². The summed E-state index contributed by atoms with van der Waals surface area (Å²) < 4.78 is 0. The topological polar surface area (TPSA) is 31.2 Å². The Balaban J connectivity index is 1.73. The number of aliphatic imine (C=N–C) groups is 2. The van der Waals surface area contributed by atoms with Crippen molar-refractivity contribution < 1.29 is 0 Å². The van der Waals surface area contributed by atoms with E-state index >= 15 is 0 Å². The second kappa shape index (κ2) is 10.9. The largest absolute Gasteiger partial charge is 0.321 e. The highest BCUT2D eigenvalue weighted by Gasteiger charge is 2.37. The van der Waals surface area contributed by atoms with E-state index in [1.807, 2.05) is 0 Å². The number of hydrogen-bond donors (Lipinski definition) is 0. The second-order valence-corrected chi connectivity index (χ2v) is 14.3. The van der Waals surface area contributed by atoms with Gasteiger partial charge in [0.15, 0.2) is 11.7 Å². The Morgan fingerprint density at radius 2 is 0.921 bits per heavy atom. The van der Waals surface area contributed by atoms with Crippen LogP contribution in [-0.2, 0) is 10.8 Å². The molecule has 2 atom stereocenters. The van der Waals surface area contributed by atoms with Gasteiger partial charge in [-0.1, -0.05) is 93.5 Å². The van der Waals surface area contributed by atoms with Crippen LogP contribution in [0.5, 0.6) is 0 Å². The van der Waals surface area contributed by atoms with E-state index in [2.05, 4.69) is 128 Å². The predicted octanol–water partition coefficient (Wildman–Crippen LogP) is 8.25. The SMILES string of the molecule is CC(C)C[C@H]1CN(c2ccc(C(C)(C)C)cc2)C(C2=N[C@@H](CC(C)C)CN2c2ccc(C(C)(C)C)cc2)=N1. The highest BCUT2D eigenvalue weighted by Crippen LogP contribution is 2.32. The van der Waals surface area contributed by atoms with Crippen LogP contribution in [0.4, 0.5) is 11.4 Å². The Morgan fingerprint density at radius 3 is 1.18 bits per heavy atom. The first-order valence-corrected chi connectivity index (χ1v) is 14.6. The molecule has 0 N–H and O–H groups in total. The van der Waals surface area contributed by atoms with E-state index in [0.29, 0.717) is 11.8 Å². The zero-order chi connectivity index (χ0) is 27.8. The van der Waals surface area contributed by atoms with Crippen molar-refractivity contribution >= 4 is 23.0 Å². The number of anilines is 2. The summed E-state index contributed by atoms with van der Waals surface area (Å²) in [6.45, 7) is 24.6. The first-order valence-electron chi connectivity index (χ1n) is 14.6. The van der Waals surface area contributed by atoms with Crippen LogP contribution < -0.4 is 9.80 Å². The summed E-state index contributed by atoms with van der Waals surface area (Å²) in [5.41, 5.74) is 5.40. The third-order valence-electron chi connectivity index (χ3n) is 7.68. The summed E-state index contributed by atoms with van der Waals surface area (Å²) in [6, 6.07) is 18.8. The molecular weight excluding hydrogens is 464 g/mol. The van der Waals surface area contributed by atoms with Crippen molar-refractivity contribution in [1.29, 1.82) is 0 Å². The monoisotopic (exact) mass is 514 g/mol. The van der Waals surface area contributed by atoms with Crippen LogP contribution >= 0.6 is 0 Å². The van der Waals surface area contributed by atoms with Crippen molar-refractivity contribution in [3.63, 3.8) is 0 Å². The highest BCUT2D eigenvalue weighted by molar-refractivity contribution is 6.50. The van der Waals surface area contributed by atoms with Gasteiger partial charge in [-0.05, 0) is 70.9 Å². The molecule has 0 saturated carbocycles. The molecule has 0 amide bonds. The highest BCUT2D eigenvalue weighted by atomic mass is 15.4. The first kappa shape index (κ1) is 28.4. The summed E-state index contributed by atoms with van der Waals surface area (Å²) in [6.07, 6.45) is 2.17. The van der Waals surface area contributed by atoms with Crippen LogP contribution in [0.3, 0.4) is 0 Å². The van der Waals surface area contributed by atoms with E-state index in [9.17, 15) is 0 Å². The third-order valence-corrected chi connectivity index (χ3v) is 7.68. The lowest BCUT2D eigenvalue weighted by Crippen LogP contribution is -2.42. The van der Waals surface area contributed by atoms with E-state index in [-0.39, 0.29) is 22.9 Å². The van der Waals surface area contributed by atoms with Gasteiger partial charge in [0.1, 0.15) is 0 Å². The predicted molar refractivity (Wildman–Crippen MR) is 166 cm³/mol. The molecule has 206 valence electrons. The van der Waals surface area contributed by atoms with Crippen molar-refractivity contribution in [3.8, 4) is 0 Å². The number of rotatable bonds is 7. The Hall–Kier alpha value is -2.62. The normalized spacial score (nSPS) is 20.5. The molecule has 2 aliphatic rings. The second-order valence-electron chi connectivity index (χ2n) is 14.3. The van der Waals surface area contributed by atoms with Crippen molar-refractivity contribution in [2.24, 2.45) is 21.8 Å². The zero-order valence-corrected chi connectivity index (χ0v) is 25.5. The maximum Gasteiger partial charge on any atom is 0.172 e. The van der Waals surface area contributed by atoms with Gasteiger partial charge in [0.25, 0.3) is 0 Å². The molecular formula is C34H50N4. The molecule has 2 aromatic carbocycles. The van der Waals surface area contributed by atoms with E-state index in [1.165, 1.54) is 22.5 Å². The molecule has 2 aliphatic heterocycles. The lowest BCUT2D eigenvalue weighted by Gasteiger charge is -2.28. The van der Waals surface area contributed by atoms with Gasteiger partial charge in [-0.25, -0.2) is 0 Å². The summed E-state index contributed by atoms with van der Waals surface area (Å²) in [4.78, 5) is 15.6. The first-order chi connectivity index (χ1) is 17.7. The Labute approximate surface area is 232 Å². The average Bonchev–Trinajstić information content (AvgIpc) is 3.41. The maximum absolute atomic E-state index is 5.36. The minimum atomic E-state index is 0.135. The molecule has 4 nitrogen and oxygen atoms in total. The standard InChI is InChI=1S/C34H50N4/c1-23(2)19-27-21-37(29-15-11-25(12-16-29)33(5,6)7)31(35-27)32-36-28(20-24(3)4)22-38(32)30-17-13-26(14-18-30)34(8,9)10/h11-18,23-24,27-28H,19-22H2,1-10H3/t27-,28-/m0/s1. The van der Waals surface area contributed by atoms with Gasteiger partial charge in [0, 0.05) is 24.5 Å². The molecule has 38 heavy (non-hydrogen) atoms. The fraction of sp³-hybridized carbons (Fsp3) is 0.588. The van der Waals surface area contributed by atoms with Crippen LogP contribution in [0.25, 0.3) is 0 Å². The number of nitrogens with zero attached hydrogens (tertiary/aromatic N) is 4. The van der Waals surface area contributed by atoms with Crippen molar-refractivity contribution in [3.05, 3.63) is 59.7 Å². The van der Waals surface area contributed by atoms with Gasteiger partial charge in [-0.3, -0.25) is 9.98 Å². The quantitative estimate of drug-likeness (QED) is 0.372. The molecule has 0 bridgehead atoms. The fourth-order valence-electron chi connectivity index (χ4n) is 5.60. The summed E-state index contributed by atoms with van der Waals surface area (Å²) in [5.74, 6) is 3.28. The molecule has 2 heterocycles. The lowest BCUT2D eigenvalue weighted by molar-refractivity contribution is 0.514. The molecule has 4 heteroatoms. The summed E-state index contributed by atoms with van der Waals surface area (Å²) in [5, 5.41) is 0. The number of benzene rings is 2. The number of hydrogen-bond acceptors (Lipinski definition) is 4. The molecule has 0 saturated heterocycles. The molecule has 0 aromatic heterocycles. The molecule has 0 unspecified atom stereocenters. The lowest BCUT2D eigenvalue weighted by atomic mass is 9.87. The van der Waals surface area contributed by atoms with E-state index in [4.69, 9.17) is 9.98 Å². The van der Waals surface area contributed by atoms with E-state index < -0.39 is 0 Å². The molecule has 0 aliphatic carbocycles. The molecule has 4 rings (SSSR count). The van der Waals surface area contributed by atoms with Crippen LogP contribution in [-0.4, -0.2) is 36.8 Å². The van der Waals surface area contributed by atoms with Crippen molar-refractivity contribution in [2.75, 3.05) is 22.9 Å². The van der Waals surface area contributed by atoms with Crippen LogP contribution in [0, 0.1) is 11.8 Å². The zero-order valence-electron chi connectivity index (χ0n) is 25.5. The summed E-state index contributed by atoms with van der Waals surface area (Å²) in [7, 11) is 0. The Bertz CT molecular complexity index is 1050. The molecule has 0 radical (unpaired) electrons. The minimum absolute atomic E-state index is 0.135. The maximum atomic E-state index is 5.36. The van der Waals surface area contributed by atoms with Crippen LogP contribution in [0.1, 0.15) is 93.2 Å². The van der Waals surface area contributed by atoms with Crippen LogP contribution in [0.2, 0.25) is 0 Å². The van der Waals surface area contributed by atoms with Crippen molar-refractivity contribution in [2.45, 2.75) is 105 Å². The Kier molecular flexibility index (Phi) is 8.12. The van der Waals surface area contributed by atoms with Crippen molar-refractivity contribution in [1.82, 2.24) is 0 Å². The average molecular weight is 515 g/mol.